The molecule has 3 rings (SSSR count). The molecule has 0 saturated carbocycles. The van der Waals surface area contributed by atoms with Crippen LogP contribution in [0, 0.1) is 18.3 Å². The van der Waals surface area contributed by atoms with Crippen LogP contribution in [0.2, 0.25) is 5.02 Å². The zero-order chi connectivity index (χ0) is 24.7. The highest BCUT2D eigenvalue weighted by atomic mass is 35.5. The van der Waals surface area contributed by atoms with Crippen molar-refractivity contribution in [3.8, 4) is 17.6 Å². The number of nitriles is 1. The molecule has 0 aliphatic carbocycles. The highest BCUT2D eigenvalue weighted by molar-refractivity contribution is 7.87. The third kappa shape index (κ3) is 6.16. The number of nitrogens with zero attached hydrogens (tertiary/aromatic N) is 1. The summed E-state index contributed by atoms with van der Waals surface area (Å²) in [5.41, 5.74) is 1.98. The van der Waals surface area contributed by atoms with E-state index in [0.717, 1.165) is 11.1 Å². The number of rotatable bonds is 8. The van der Waals surface area contributed by atoms with Crippen molar-refractivity contribution in [1.29, 1.82) is 5.26 Å². The maximum absolute atomic E-state index is 12.7. The van der Waals surface area contributed by atoms with Crippen LogP contribution in [0.15, 0.2) is 77.2 Å². The van der Waals surface area contributed by atoms with E-state index in [0.29, 0.717) is 5.56 Å². The fraction of sp³-hybridized carbons (Fsp3) is 0.120. The standard InChI is InChI=1S/C25H21ClN2O5S/c1-17-8-10-21(11-9-17)34(30,31)33-24-22(26)13-19(14-23(24)32-2)12-20(15-27)25(29)28-16-18-6-4-3-5-7-18/h3-14H,16H2,1-2H3,(H,28,29)/b20-12+. The molecule has 0 spiro atoms. The summed E-state index contributed by atoms with van der Waals surface area (Å²) in [6.45, 7) is 2.09. The molecule has 0 fully saturated rings. The topological polar surface area (TPSA) is 105 Å². The number of ether oxygens (including phenoxy) is 1. The summed E-state index contributed by atoms with van der Waals surface area (Å²) in [5, 5.41) is 12.1. The second kappa shape index (κ2) is 10.9. The molecule has 1 amide bonds. The Kier molecular flexibility index (Phi) is 7.95. The van der Waals surface area contributed by atoms with Gasteiger partial charge < -0.3 is 14.2 Å². The minimum Gasteiger partial charge on any atom is -0.493 e. The third-order valence-electron chi connectivity index (χ3n) is 4.73. The third-order valence-corrected chi connectivity index (χ3v) is 6.24. The van der Waals surface area contributed by atoms with Crippen molar-refractivity contribution in [2.75, 3.05) is 7.11 Å². The smallest absolute Gasteiger partial charge is 0.339 e. The van der Waals surface area contributed by atoms with Gasteiger partial charge in [0.05, 0.1) is 12.1 Å². The molecule has 0 bridgehead atoms. The van der Waals surface area contributed by atoms with E-state index in [4.69, 9.17) is 20.5 Å². The number of carbonyl (C=O) groups is 1. The number of aryl methyl sites for hydroxylation is 1. The van der Waals surface area contributed by atoms with E-state index in [9.17, 15) is 18.5 Å². The van der Waals surface area contributed by atoms with Crippen molar-refractivity contribution in [2.24, 2.45) is 0 Å². The van der Waals surface area contributed by atoms with Crippen molar-refractivity contribution >= 4 is 33.7 Å². The average molecular weight is 497 g/mol. The molecular formula is C25H21ClN2O5S. The summed E-state index contributed by atoms with van der Waals surface area (Å²) in [6, 6.07) is 20.1. The van der Waals surface area contributed by atoms with Crippen LogP contribution in [0.5, 0.6) is 11.5 Å². The number of methoxy groups -OCH3 is 1. The average Bonchev–Trinajstić information content (AvgIpc) is 2.83. The Morgan fingerprint density at radius 2 is 1.79 bits per heavy atom. The summed E-state index contributed by atoms with van der Waals surface area (Å²) in [4.78, 5) is 12.4. The van der Waals surface area contributed by atoms with Gasteiger partial charge >= 0.3 is 10.1 Å². The first-order valence-corrected chi connectivity index (χ1v) is 11.8. The number of hydrogen-bond donors (Lipinski definition) is 1. The number of nitrogens with one attached hydrogen (secondary N) is 1. The van der Waals surface area contributed by atoms with E-state index in [1.807, 2.05) is 43.3 Å². The first-order chi connectivity index (χ1) is 16.2. The minimum absolute atomic E-state index is 0.0245. The molecule has 174 valence electrons. The second-order valence-corrected chi connectivity index (χ2v) is 9.18. The summed E-state index contributed by atoms with van der Waals surface area (Å²) < 4.78 is 35.9. The maximum Gasteiger partial charge on any atom is 0.339 e. The quantitative estimate of drug-likeness (QED) is 0.276. The van der Waals surface area contributed by atoms with E-state index >= 15 is 0 Å². The lowest BCUT2D eigenvalue weighted by molar-refractivity contribution is -0.117. The predicted octanol–water partition coefficient (Wildman–Crippen LogP) is 4.65. The van der Waals surface area contributed by atoms with Crippen molar-refractivity contribution in [3.63, 3.8) is 0 Å². The van der Waals surface area contributed by atoms with Crippen LogP contribution >= 0.6 is 11.6 Å². The van der Waals surface area contributed by atoms with Gasteiger partial charge in [-0.25, -0.2) is 0 Å². The molecule has 0 unspecified atom stereocenters. The number of benzene rings is 3. The lowest BCUT2D eigenvalue weighted by Crippen LogP contribution is -2.23. The minimum atomic E-state index is -4.17. The van der Waals surface area contributed by atoms with Crippen LogP contribution in [-0.2, 0) is 21.5 Å². The van der Waals surface area contributed by atoms with Gasteiger partial charge in [-0.15, -0.1) is 0 Å². The number of carbonyl (C=O) groups excluding carboxylic acids is 1. The molecular weight excluding hydrogens is 476 g/mol. The largest absolute Gasteiger partial charge is 0.493 e. The van der Waals surface area contributed by atoms with Gasteiger partial charge in [0.2, 0.25) is 5.75 Å². The van der Waals surface area contributed by atoms with E-state index in [1.165, 1.54) is 37.5 Å². The SMILES string of the molecule is COc1cc(/C=C(\C#N)C(=O)NCc2ccccc2)cc(Cl)c1OS(=O)(=O)c1ccc(C)cc1. The Labute approximate surface area is 203 Å². The maximum atomic E-state index is 12.7. The zero-order valence-corrected chi connectivity index (χ0v) is 20.0. The molecule has 0 atom stereocenters. The monoisotopic (exact) mass is 496 g/mol. The van der Waals surface area contributed by atoms with Crippen molar-refractivity contribution < 1.29 is 22.1 Å². The highest BCUT2D eigenvalue weighted by Crippen LogP contribution is 2.38. The van der Waals surface area contributed by atoms with Crippen LogP contribution in [-0.4, -0.2) is 21.4 Å². The van der Waals surface area contributed by atoms with Gasteiger partial charge in [-0.2, -0.15) is 13.7 Å². The summed E-state index contributed by atoms with van der Waals surface area (Å²) in [7, 11) is -2.85. The fourth-order valence-corrected chi connectivity index (χ4v) is 4.22. The molecule has 1 N–H and O–H groups in total. The van der Waals surface area contributed by atoms with Gasteiger partial charge in [-0.05, 0) is 48.4 Å². The lowest BCUT2D eigenvalue weighted by atomic mass is 10.1. The molecule has 0 aromatic heterocycles. The Hall–Kier alpha value is -3.80. The normalized spacial score (nSPS) is 11.4. The van der Waals surface area contributed by atoms with E-state index in [-0.39, 0.29) is 33.5 Å². The number of amides is 1. The molecule has 0 aliphatic rings. The Bertz CT molecular complexity index is 1360. The first kappa shape index (κ1) is 24.8. The summed E-state index contributed by atoms with van der Waals surface area (Å²) >= 11 is 6.30. The molecule has 34 heavy (non-hydrogen) atoms. The molecule has 7 nitrogen and oxygen atoms in total. The van der Waals surface area contributed by atoms with Crippen molar-refractivity contribution in [1.82, 2.24) is 5.32 Å². The van der Waals surface area contributed by atoms with Crippen LogP contribution in [0.3, 0.4) is 0 Å². The summed E-state index contributed by atoms with van der Waals surface area (Å²) in [5.74, 6) is -0.742. The molecule has 0 heterocycles. The van der Waals surface area contributed by atoms with E-state index in [1.54, 1.807) is 12.1 Å². The van der Waals surface area contributed by atoms with Crippen molar-refractivity contribution in [3.05, 3.63) is 94.0 Å². The van der Waals surface area contributed by atoms with Crippen LogP contribution in [0.25, 0.3) is 6.08 Å². The highest BCUT2D eigenvalue weighted by Gasteiger charge is 2.22. The van der Waals surface area contributed by atoms with Crippen molar-refractivity contribution in [2.45, 2.75) is 18.4 Å². The molecule has 3 aromatic carbocycles. The number of hydrogen-bond acceptors (Lipinski definition) is 6. The van der Waals surface area contributed by atoms with Gasteiger partial charge in [0.15, 0.2) is 5.75 Å². The predicted molar refractivity (Wildman–Crippen MR) is 129 cm³/mol. The van der Waals surface area contributed by atoms with E-state index < -0.39 is 16.0 Å². The van der Waals surface area contributed by atoms with Crippen LogP contribution in [0.1, 0.15) is 16.7 Å². The molecule has 0 aliphatic heterocycles. The zero-order valence-electron chi connectivity index (χ0n) is 18.4. The van der Waals surface area contributed by atoms with Gasteiger partial charge in [0.25, 0.3) is 5.91 Å². The van der Waals surface area contributed by atoms with Gasteiger partial charge in [0, 0.05) is 6.54 Å². The summed E-state index contributed by atoms with van der Waals surface area (Å²) in [6.07, 6.45) is 1.33. The molecule has 0 saturated heterocycles. The van der Waals surface area contributed by atoms with Gasteiger partial charge in [-0.1, -0.05) is 59.6 Å². The molecule has 0 radical (unpaired) electrons. The van der Waals surface area contributed by atoms with E-state index in [2.05, 4.69) is 5.32 Å². The first-order valence-electron chi connectivity index (χ1n) is 10.1. The second-order valence-electron chi connectivity index (χ2n) is 7.22. The Morgan fingerprint density at radius 1 is 1.12 bits per heavy atom. The lowest BCUT2D eigenvalue weighted by Gasteiger charge is -2.13. The Balaban J connectivity index is 1.85. The molecule has 3 aromatic rings. The van der Waals surface area contributed by atoms with Gasteiger partial charge in [0.1, 0.15) is 16.5 Å². The fourth-order valence-electron chi connectivity index (χ4n) is 2.96. The number of halogens is 1. The van der Waals surface area contributed by atoms with Crippen LogP contribution in [0.4, 0.5) is 0 Å². The molecule has 9 heteroatoms. The Morgan fingerprint density at radius 3 is 2.41 bits per heavy atom. The van der Waals surface area contributed by atoms with Gasteiger partial charge in [-0.3, -0.25) is 4.79 Å². The van der Waals surface area contributed by atoms with Crippen LogP contribution < -0.4 is 14.2 Å².